The number of carbonyl (C=O) groups is 2. The molecule has 29 heavy (non-hydrogen) atoms. The molecule has 0 aliphatic carbocycles. The number of nitrogens with zero attached hydrogens (tertiary/aromatic N) is 2. The van der Waals surface area contributed by atoms with Crippen LogP contribution in [0.25, 0.3) is 11.8 Å². The number of hydrogen-bond donors (Lipinski definition) is 1. The van der Waals surface area contributed by atoms with Gasteiger partial charge in [-0.3, -0.25) is 19.8 Å². The van der Waals surface area contributed by atoms with Crippen molar-refractivity contribution in [3.63, 3.8) is 0 Å². The lowest BCUT2D eigenvalue weighted by molar-refractivity contribution is -0.122. The van der Waals surface area contributed by atoms with Crippen molar-refractivity contribution >= 4 is 40.9 Å². The summed E-state index contributed by atoms with van der Waals surface area (Å²) in [7, 11) is 0. The third kappa shape index (κ3) is 3.57. The predicted molar refractivity (Wildman–Crippen MR) is 108 cm³/mol. The van der Waals surface area contributed by atoms with E-state index in [0.29, 0.717) is 11.4 Å². The predicted octanol–water partition coefficient (Wildman–Crippen LogP) is 3.59. The molecule has 3 aromatic rings. The van der Waals surface area contributed by atoms with Crippen molar-refractivity contribution in [1.82, 2.24) is 9.88 Å². The topological polar surface area (TPSA) is 54.3 Å². The van der Waals surface area contributed by atoms with Crippen LogP contribution in [0.3, 0.4) is 0 Å². The Morgan fingerprint density at radius 2 is 1.66 bits per heavy atom. The van der Waals surface area contributed by atoms with Crippen LogP contribution in [0.1, 0.15) is 5.69 Å². The lowest BCUT2D eigenvalue weighted by atomic mass is 10.1. The SMILES string of the molecule is O=C1NC(=S)N(c2cccc(F)c2)C(=O)/C1=C/c1cccn1-c1ccc(F)cc1. The van der Waals surface area contributed by atoms with Crippen LogP contribution in [0.2, 0.25) is 0 Å². The second kappa shape index (κ2) is 7.40. The largest absolute Gasteiger partial charge is 0.317 e. The molecule has 2 heterocycles. The summed E-state index contributed by atoms with van der Waals surface area (Å²) in [6, 6.07) is 14.6. The molecule has 0 atom stereocenters. The summed E-state index contributed by atoms with van der Waals surface area (Å²) in [4.78, 5) is 26.5. The Morgan fingerprint density at radius 3 is 2.38 bits per heavy atom. The van der Waals surface area contributed by atoms with E-state index in [-0.39, 0.29) is 22.2 Å². The summed E-state index contributed by atoms with van der Waals surface area (Å²) in [5.74, 6) is -2.23. The number of hydrogen-bond acceptors (Lipinski definition) is 3. The number of thiocarbonyl (C=S) groups is 1. The summed E-state index contributed by atoms with van der Waals surface area (Å²) in [5, 5.41) is 2.33. The van der Waals surface area contributed by atoms with Gasteiger partial charge in [0.25, 0.3) is 11.8 Å². The molecule has 144 valence electrons. The molecular formula is C21H13F2N3O2S. The Bertz CT molecular complexity index is 1170. The van der Waals surface area contributed by atoms with Crippen molar-refractivity contribution in [2.24, 2.45) is 0 Å². The fraction of sp³-hybridized carbons (Fsp3) is 0. The lowest BCUT2D eigenvalue weighted by Gasteiger charge is -2.29. The van der Waals surface area contributed by atoms with E-state index in [1.165, 1.54) is 36.4 Å². The summed E-state index contributed by atoms with van der Waals surface area (Å²) in [5.41, 5.74) is 1.23. The van der Waals surface area contributed by atoms with Crippen molar-refractivity contribution in [2.75, 3.05) is 4.90 Å². The minimum atomic E-state index is -0.670. The maximum absolute atomic E-state index is 13.6. The summed E-state index contributed by atoms with van der Waals surface area (Å²) < 4.78 is 28.5. The van der Waals surface area contributed by atoms with Crippen LogP contribution >= 0.6 is 12.2 Å². The molecule has 5 nitrogen and oxygen atoms in total. The van der Waals surface area contributed by atoms with Crippen molar-refractivity contribution < 1.29 is 18.4 Å². The number of anilines is 1. The van der Waals surface area contributed by atoms with Crippen LogP contribution in [0.15, 0.2) is 72.4 Å². The molecule has 1 aliphatic heterocycles. The maximum atomic E-state index is 13.6. The molecule has 8 heteroatoms. The highest BCUT2D eigenvalue weighted by molar-refractivity contribution is 7.80. The molecule has 0 bridgehead atoms. The van der Waals surface area contributed by atoms with E-state index in [9.17, 15) is 18.4 Å². The molecule has 1 N–H and O–H groups in total. The van der Waals surface area contributed by atoms with Crippen LogP contribution < -0.4 is 10.2 Å². The van der Waals surface area contributed by atoms with E-state index < -0.39 is 17.6 Å². The van der Waals surface area contributed by atoms with E-state index in [1.54, 1.807) is 35.0 Å². The second-order valence-electron chi connectivity index (χ2n) is 6.22. The van der Waals surface area contributed by atoms with Gasteiger partial charge in [-0.25, -0.2) is 8.78 Å². The highest BCUT2D eigenvalue weighted by Crippen LogP contribution is 2.23. The molecule has 4 rings (SSSR count). The molecule has 2 aromatic carbocycles. The minimum Gasteiger partial charge on any atom is -0.317 e. The Kier molecular flexibility index (Phi) is 4.77. The molecule has 1 aromatic heterocycles. The smallest absolute Gasteiger partial charge is 0.270 e. The average molecular weight is 409 g/mol. The summed E-state index contributed by atoms with van der Waals surface area (Å²) in [6.45, 7) is 0. The van der Waals surface area contributed by atoms with Crippen LogP contribution in [0.4, 0.5) is 14.5 Å². The zero-order valence-electron chi connectivity index (χ0n) is 14.8. The van der Waals surface area contributed by atoms with Gasteiger partial charge in [-0.2, -0.15) is 0 Å². The van der Waals surface area contributed by atoms with Gasteiger partial charge >= 0.3 is 0 Å². The van der Waals surface area contributed by atoms with Crippen molar-refractivity contribution in [3.05, 3.63) is 89.8 Å². The van der Waals surface area contributed by atoms with E-state index >= 15 is 0 Å². The monoisotopic (exact) mass is 409 g/mol. The first kappa shape index (κ1) is 18.7. The van der Waals surface area contributed by atoms with Crippen LogP contribution in [0, 0.1) is 11.6 Å². The van der Waals surface area contributed by atoms with Crippen molar-refractivity contribution in [3.8, 4) is 5.69 Å². The van der Waals surface area contributed by atoms with Crippen LogP contribution in [-0.2, 0) is 9.59 Å². The van der Waals surface area contributed by atoms with Crippen LogP contribution in [-0.4, -0.2) is 21.5 Å². The first-order valence-electron chi connectivity index (χ1n) is 8.54. The van der Waals surface area contributed by atoms with Gasteiger partial charge in [-0.15, -0.1) is 0 Å². The van der Waals surface area contributed by atoms with Gasteiger partial charge in [-0.1, -0.05) is 6.07 Å². The third-order valence-electron chi connectivity index (χ3n) is 4.35. The van der Waals surface area contributed by atoms with Gasteiger partial charge in [0.1, 0.15) is 17.2 Å². The number of halogens is 2. The zero-order valence-corrected chi connectivity index (χ0v) is 15.6. The molecule has 2 amide bonds. The van der Waals surface area contributed by atoms with Gasteiger partial charge in [0.2, 0.25) is 0 Å². The van der Waals surface area contributed by atoms with E-state index in [4.69, 9.17) is 12.2 Å². The summed E-state index contributed by atoms with van der Waals surface area (Å²) >= 11 is 5.10. The molecular weight excluding hydrogens is 396 g/mol. The highest BCUT2D eigenvalue weighted by atomic mass is 32.1. The minimum absolute atomic E-state index is 0.128. The third-order valence-corrected chi connectivity index (χ3v) is 4.63. The quantitative estimate of drug-likeness (QED) is 0.409. The van der Waals surface area contributed by atoms with Crippen LogP contribution in [0.5, 0.6) is 0 Å². The Morgan fingerprint density at radius 1 is 0.897 bits per heavy atom. The maximum Gasteiger partial charge on any atom is 0.270 e. The van der Waals surface area contributed by atoms with Gasteiger partial charge < -0.3 is 4.57 Å². The highest BCUT2D eigenvalue weighted by Gasteiger charge is 2.34. The number of amides is 2. The van der Waals surface area contributed by atoms with E-state index in [1.807, 2.05) is 0 Å². The average Bonchev–Trinajstić information content (AvgIpc) is 3.14. The van der Waals surface area contributed by atoms with Crippen molar-refractivity contribution in [2.45, 2.75) is 0 Å². The normalized spacial score (nSPS) is 15.7. The number of aromatic nitrogens is 1. The molecule has 1 fully saturated rings. The number of benzene rings is 2. The molecule has 1 saturated heterocycles. The first-order valence-corrected chi connectivity index (χ1v) is 8.95. The fourth-order valence-electron chi connectivity index (χ4n) is 3.00. The number of rotatable bonds is 3. The molecule has 0 radical (unpaired) electrons. The molecule has 0 saturated carbocycles. The number of nitrogens with one attached hydrogen (secondary N) is 1. The second-order valence-corrected chi connectivity index (χ2v) is 6.60. The standard InChI is InChI=1S/C21H13F2N3O2S/c22-13-6-8-15(9-7-13)25-10-2-5-16(25)12-18-19(27)24-21(29)26(20(18)28)17-4-1-3-14(23)11-17/h1-12H,(H,24,27,29)/b18-12+. The first-order chi connectivity index (χ1) is 13.9. The molecule has 1 aliphatic rings. The fourth-order valence-corrected chi connectivity index (χ4v) is 3.28. The van der Waals surface area contributed by atoms with Gasteiger partial charge in [0.15, 0.2) is 5.11 Å². The van der Waals surface area contributed by atoms with Gasteiger partial charge in [-0.05, 0) is 72.9 Å². The summed E-state index contributed by atoms with van der Waals surface area (Å²) in [6.07, 6.45) is 3.13. The van der Waals surface area contributed by atoms with Crippen molar-refractivity contribution in [1.29, 1.82) is 0 Å². The van der Waals surface area contributed by atoms with Gasteiger partial charge in [0.05, 0.1) is 5.69 Å². The van der Waals surface area contributed by atoms with E-state index in [0.717, 1.165) is 11.0 Å². The zero-order chi connectivity index (χ0) is 20.5. The molecule has 0 spiro atoms. The Hall–Kier alpha value is -3.65. The Balaban J connectivity index is 1.75. The Labute approximate surface area is 169 Å². The number of carbonyl (C=O) groups excluding carboxylic acids is 2. The lowest BCUT2D eigenvalue weighted by Crippen LogP contribution is -2.54. The van der Waals surface area contributed by atoms with E-state index in [2.05, 4.69) is 5.32 Å². The molecule has 0 unspecified atom stereocenters. The van der Waals surface area contributed by atoms with Gasteiger partial charge in [0, 0.05) is 17.6 Å².